The molecule has 0 atom stereocenters. The molecule has 5 aromatic rings. The van der Waals surface area contributed by atoms with Gasteiger partial charge in [0.15, 0.2) is 11.5 Å². The number of esters is 1. The number of aromatic nitrogens is 4. The van der Waals surface area contributed by atoms with Gasteiger partial charge in [-0.25, -0.2) is 24.7 Å². The Labute approximate surface area is 235 Å². The van der Waals surface area contributed by atoms with Crippen LogP contribution in [0.2, 0.25) is 0 Å². The third-order valence-electron chi connectivity index (χ3n) is 6.12. The predicted molar refractivity (Wildman–Crippen MR) is 155 cm³/mol. The second-order valence-corrected chi connectivity index (χ2v) is 9.75. The standard InChI is InChI=1S/C29H28N6O4S/c1-4-39-29(36)26-28(31-12-11-30-26)33-16-21-8-10-25(40-21)18-6-9-23-22(13-18)27(35-17-34-23)32-15-19-5-7-20(37-2)14-24(19)38-3/h5-14,17H,4,15-16H2,1-3H3,(H,31,33)(H,32,34,35). The Morgan fingerprint density at radius 2 is 1.73 bits per heavy atom. The average molecular weight is 557 g/mol. The first-order valence-electron chi connectivity index (χ1n) is 12.6. The molecule has 11 heteroatoms. The van der Waals surface area contributed by atoms with Gasteiger partial charge in [-0.1, -0.05) is 6.07 Å². The SMILES string of the molecule is CCOC(=O)c1nccnc1NCc1ccc(-c2ccc3ncnc(NCc4ccc(OC)cc4OC)c3c2)s1. The number of carbonyl (C=O) groups is 1. The Balaban J connectivity index is 1.33. The molecule has 0 aliphatic rings. The predicted octanol–water partition coefficient (Wildman–Crippen LogP) is 5.57. The van der Waals surface area contributed by atoms with Crippen molar-refractivity contribution in [2.45, 2.75) is 20.0 Å². The zero-order valence-electron chi connectivity index (χ0n) is 22.3. The molecule has 0 radical (unpaired) electrons. The summed E-state index contributed by atoms with van der Waals surface area (Å²) >= 11 is 1.65. The van der Waals surface area contributed by atoms with E-state index in [1.165, 1.54) is 6.20 Å². The van der Waals surface area contributed by atoms with Crippen molar-refractivity contribution in [1.82, 2.24) is 19.9 Å². The van der Waals surface area contributed by atoms with Crippen molar-refractivity contribution >= 4 is 39.8 Å². The molecule has 0 aliphatic heterocycles. The van der Waals surface area contributed by atoms with Crippen LogP contribution in [0.1, 0.15) is 27.9 Å². The molecule has 204 valence electrons. The number of ether oxygens (including phenoxy) is 3. The molecule has 3 aromatic heterocycles. The van der Waals surface area contributed by atoms with E-state index in [4.69, 9.17) is 14.2 Å². The maximum atomic E-state index is 12.2. The molecule has 5 rings (SSSR count). The topological polar surface area (TPSA) is 120 Å². The molecule has 0 saturated heterocycles. The van der Waals surface area contributed by atoms with E-state index < -0.39 is 5.97 Å². The largest absolute Gasteiger partial charge is 0.497 e. The number of rotatable bonds is 11. The maximum absolute atomic E-state index is 12.2. The third-order valence-corrected chi connectivity index (χ3v) is 7.25. The highest BCUT2D eigenvalue weighted by Gasteiger charge is 2.16. The van der Waals surface area contributed by atoms with Crippen LogP contribution in [0.5, 0.6) is 11.5 Å². The molecular weight excluding hydrogens is 528 g/mol. The first-order valence-corrected chi connectivity index (χ1v) is 13.4. The molecule has 3 heterocycles. The van der Waals surface area contributed by atoms with Crippen LogP contribution in [0.25, 0.3) is 21.3 Å². The van der Waals surface area contributed by atoms with E-state index in [0.717, 1.165) is 49.1 Å². The maximum Gasteiger partial charge on any atom is 0.360 e. The van der Waals surface area contributed by atoms with Crippen molar-refractivity contribution in [1.29, 1.82) is 0 Å². The van der Waals surface area contributed by atoms with Crippen LogP contribution >= 0.6 is 11.3 Å². The fourth-order valence-corrected chi connectivity index (χ4v) is 5.09. The number of nitrogens with zero attached hydrogens (tertiary/aromatic N) is 4. The van der Waals surface area contributed by atoms with Gasteiger partial charge in [0.25, 0.3) is 0 Å². The minimum absolute atomic E-state index is 0.169. The smallest absolute Gasteiger partial charge is 0.360 e. The quantitative estimate of drug-likeness (QED) is 0.200. The third kappa shape index (κ3) is 5.94. The van der Waals surface area contributed by atoms with Gasteiger partial charge in [-0.05, 0) is 48.9 Å². The summed E-state index contributed by atoms with van der Waals surface area (Å²) in [4.78, 5) is 31.7. The van der Waals surface area contributed by atoms with E-state index >= 15 is 0 Å². The number of hydrogen-bond donors (Lipinski definition) is 2. The zero-order chi connectivity index (χ0) is 27.9. The molecule has 0 saturated carbocycles. The zero-order valence-corrected chi connectivity index (χ0v) is 23.1. The second-order valence-electron chi connectivity index (χ2n) is 8.58. The number of thiophene rings is 1. The number of methoxy groups -OCH3 is 2. The highest BCUT2D eigenvalue weighted by atomic mass is 32.1. The molecule has 40 heavy (non-hydrogen) atoms. The van der Waals surface area contributed by atoms with Crippen LogP contribution < -0.4 is 20.1 Å². The number of anilines is 2. The summed E-state index contributed by atoms with van der Waals surface area (Å²) in [5.41, 5.74) is 3.05. The monoisotopic (exact) mass is 556 g/mol. The van der Waals surface area contributed by atoms with E-state index in [0.29, 0.717) is 18.9 Å². The lowest BCUT2D eigenvalue weighted by Crippen LogP contribution is -2.12. The van der Waals surface area contributed by atoms with Crippen LogP contribution in [-0.4, -0.2) is 46.7 Å². The lowest BCUT2D eigenvalue weighted by atomic mass is 10.1. The number of hydrogen-bond acceptors (Lipinski definition) is 11. The van der Waals surface area contributed by atoms with Crippen LogP contribution in [0.3, 0.4) is 0 Å². The first kappa shape index (κ1) is 26.8. The average Bonchev–Trinajstić information content (AvgIpc) is 3.48. The Morgan fingerprint density at radius 1 is 0.875 bits per heavy atom. The van der Waals surface area contributed by atoms with Gasteiger partial charge in [0, 0.05) is 45.7 Å². The minimum Gasteiger partial charge on any atom is -0.497 e. The molecule has 0 unspecified atom stereocenters. The van der Waals surface area contributed by atoms with Gasteiger partial charge in [0.2, 0.25) is 0 Å². The Bertz CT molecular complexity index is 1640. The lowest BCUT2D eigenvalue weighted by molar-refractivity contribution is 0.0520. The van der Waals surface area contributed by atoms with Crippen molar-refractivity contribution in [3.63, 3.8) is 0 Å². The molecule has 0 spiro atoms. The number of benzene rings is 2. The van der Waals surface area contributed by atoms with E-state index in [-0.39, 0.29) is 12.3 Å². The van der Waals surface area contributed by atoms with E-state index in [1.54, 1.807) is 45.0 Å². The minimum atomic E-state index is -0.502. The number of carbonyl (C=O) groups excluding carboxylic acids is 1. The summed E-state index contributed by atoms with van der Waals surface area (Å²) in [5.74, 6) is 2.10. The summed E-state index contributed by atoms with van der Waals surface area (Å²) in [6.45, 7) is 3.04. The summed E-state index contributed by atoms with van der Waals surface area (Å²) in [6, 6.07) is 16.0. The highest BCUT2D eigenvalue weighted by Crippen LogP contribution is 2.33. The molecule has 2 N–H and O–H groups in total. The summed E-state index contributed by atoms with van der Waals surface area (Å²) in [7, 11) is 3.27. The summed E-state index contributed by atoms with van der Waals surface area (Å²) in [5, 5.41) is 7.56. The van der Waals surface area contributed by atoms with Crippen LogP contribution in [-0.2, 0) is 17.8 Å². The molecular formula is C29H28N6O4S. The van der Waals surface area contributed by atoms with Gasteiger partial charge >= 0.3 is 5.97 Å². The van der Waals surface area contributed by atoms with Gasteiger partial charge in [-0.2, -0.15) is 0 Å². The Morgan fingerprint density at radius 3 is 2.55 bits per heavy atom. The summed E-state index contributed by atoms with van der Waals surface area (Å²) in [6.07, 6.45) is 4.57. The van der Waals surface area contributed by atoms with Crippen molar-refractivity contribution in [3.05, 3.63) is 83.4 Å². The van der Waals surface area contributed by atoms with Crippen LogP contribution in [0.4, 0.5) is 11.6 Å². The van der Waals surface area contributed by atoms with Crippen molar-refractivity contribution < 1.29 is 19.0 Å². The normalized spacial score (nSPS) is 10.8. The van der Waals surface area contributed by atoms with E-state index in [2.05, 4.69) is 48.8 Å². The van der Waals surface area contributed by atoms with Gasteiger partial charge in [-0.15, -0.1) is 11.3 Å². The fourth-order valence-electron chi connectivity index (χ4n) is 4.14. The van der Waals surface area contributed by atoms with Crippen molar-refractivity contribution in [2.24, 2.45) is 0 Å². The second kappa shape index (κ2) is 12.4. The van der Waals surface area contributed by atoms with Crippen molar-refractivity contribution in [2.75, 3.05) is 31.5 Å². The number of nitrogens with one attached hydrogen (secondary N) is 2. The Hall–Kier alpha value is -4.77. The van der Waals surface area contributed by atoms with E-state index in [1.807, 2.05) is 30.3 Å². The molecule has 0 aliphatic carbocycles. The fraction of sp³-hybridized carbons (Fsp3) is 0.207. The lowest BCUT2D eigenvalue weighted by Gasteiger charge is -2.13. The number of fused-ring (bicyclic) bond motifs is 1. The van der Waals surface area contributed by atoms with Gasteiger partial charge in [0.1, 0.15) is 23.6 Å². The molecule has 10 nitrogen and oxygen atoms in total. The summed E-state index contributed by atoms with van der Waals surface area (Å²) < 4.78 is 15.9. The van der Waals surface area contributed by atoms with Gasteiger partial charge in [0.05, 0.1) is 32.9 Å². The molecule has 0 fully saturated rings. The van der Waals surface area contributed by atoms with Crippen LogP contribution in [0, 0.1) is 0 Å². The van der Waals surface area contributed by atoms with E-state index in [9.17, 15) is 4.79 Å². The highest BCUT2D eigenvalue weighted by molar-refractivity contribution is 7.15. The van der Waals surface area contributed by atoms with Gasteiger partial charge < -0.3 is 24.8 Å². The molecule has 0 bridgehead atoms. The van der Waals surface area contributed by atoms with Crippen molar-refractivity contribution in [3.8, 4) is 21.9 Å². The first-order chi connectivity index (χ1) is 19.6. The molecule has 2 aromatic carbocycles. The Kier molecular flexibility index (Phi) is 8.31. The van der Waals surface area contributed by atoms with Crippen LogP contribution in [0.15, 0.2) is 67.3 Å². The van der Waals surface area contributed by atoms with Gasteiger partial charge in [-0.3, -0.25) is 0 Å². The molecule has 0 amide bonds.